The van der Waals surface area contributed by atoms with E-state index in [4.69, 9.17) is 9.47 Å². The predicted molar refractivity (Wildman–Crippen MR) is 104 cm³/mol. The number of aromatic nitrogens is 1. The highest BCUT2D eigenvalue weighted by Gasteiger charge is 2.11. The van der Waals surface area contributed by atoms with Crippen molar-refractivity contribution in [2.75, 3.05) is 19.0 Å². The molecule has 5 nitrogen and oxygen atoms in total. The van der Waals surface area contributed by atoms with Gasteiger partial charge in [0.2, 0.25) is 0 Å². The highest BCUT2D eigenvalue weighted by atomic mass is 32.1. The molecule has 0 aliphatic carbocycles. The summed E-state index contributed by atoms with van der Waals surface area (Å²) in [6.45, 7) is 1.96. The minimum absolute atomic E-state index is 0.114. The Morgan fingerprint density at radius 2 is 2.00 bits per heavy atom. The number of thiazole rings is 1. The largest absolute Gasteiger partial charge is 0.494 e. The van der Waals surface area contributed by atoms with Crippen molar-refractivity contribution in [2.45, 2.75) is 13.3 Å². The Morgan fingerprint density at radius 1 is 1.22 bits per heavy atom. The summed E-state index contributed by atoms with van der Waals surface area (Å²) in [5.41, 5.74) is 2.39. The van der Waals surface area contributed by atoms with Crippen LogP contribution < -0.4 is 14.8 Å². The molecule has 140 valence electrons. The third kappa shape index (κ3) is 4.83. The van der Waals surface area contributed by atoms with E-state index in [-0.39, 0.29) is 18.3 Å². The van der Waals surface area contributed by atoms with Gasteiger partial charge in [-0.05, 0) is 42.3 Å². The van der Waals surface area contributed by atoms with Gasteiger partial charge < -0.3 is 9.47 Å². The number of benzene rings is 2. The van der Waals surface area contributed by atoms with Crippen molar-refractivity contribution in [3.8, 4) is 22.8 Å². The smallest absolute Gasteiger partial charge is 0.264 e. The number of amides is 1. The van der Waals surface area contributed by atoms with Gasteiger partial charge in [0.25, 0.3) is 5.91 Å². The first-order valence-electron chi connectivity index (χ1n) is 8.40. The van der Waals surface area contributed by atoms with Crippen molar-refractivity contribution in [1.82, 2.24) is 4.98 Å². The highest BCUT2D eigenvalue weighted by molar-refractivity contribution is 7.14. The number of aryl methyl sites for hydroxylation is 1. The molecule has 1 aromatic heterocycles. The molecule has 0 saturated carbocycles. The van der Waals surface area contributed by atoms with Gasteiger partial charge in [-0.15, -0.1) is 11.3 Å². The number of carbonyl (C=O) groups is 1. The molecular weight excluding hydrogens is 367 g/mol. The van der Waals surface area contributed by atoms with Crippen LogP contribution in [0, 0.1) is 5.82 Å². The van der Waals surface area contributed by atoms with Gasteiger partial charge in [0.15, 0.2) is 23.3 Å². The van der Waals surface area contributed by atoms with E-state index in [1.165, 1.54) is 30.1 Å². The van der Waals surface area contributed by atoms with E-state index < -0.39 is 5.82 Å². The third-order valence-corrected chi connectivity index (χ3v) is 4.66. The second kappa shape index (κ2) is 8.64. The van der Waals surface area contributed by atoms with Crippen molar-refractivity contribution in [3.05, 3.63) is 59.2 Å². The van der Waals surface area contributed by atoms with Crippen molar-refractivity contribution in [2.24, 2.45) is 0 Å². The second-order valence-corrected chi connectivity index (χ2v) is 6.58. The Kier molecular flexibility index (Phi) is 6.03. The van der Waals surface area contributed by atoms with Gasteiger partial charge in [0, 0.05) is 10.9 Å². The molecule has 0 aliphatic heterocycles. The number of carbonyl (C=O) groups excluding carboxylic acids is 1. The summed E-state index contributed by atoms with van der Waals surface area (Å²) in [6.07, 6.45) is 0.950. The quantitative estimate of drug-likeness (QED) is 0.648. The molecule has 1 heterocycles. The SMILES string of the molecule is CCc1ccc(OCC(=O)Nc2nc(-c3ccc(OC)c(F)c3)cs2)cc1. The number of anilines is 1. The van der Waals surface area contributed by atoms with E-state index in [1.54, 1.807) is 17.5 Å². The van der Waals surface area contributed by atoms with Crippen LogP contribution in [-0.4, -0.2) is 24.6 Å². The number of rotatable bonds is 7. The molecule has 0 aliphatic rings. The van der Waals surface area contributed by atoms with Gasteiger partial charge in [0.05, 0.1) is 12.8 Å². The predicted octanol–water partition coefficient (Wildman–Crippen LogP) is 4.54. The maximum absolute atomic E-state index is 13.8. The summed E-state index contributed by atoms with van der Waals surface area (Å²) in [4.78, 5) is 16.4. The lowest BCUT2D eigenvalue weighted by Crippen LogP contribution is -2.20. The van der Waals surface area contributed by atoms with E-state index in [0.717, 1.165) is 6.42 Å². The number of halogens is 1. The fraction of sp³-hybridized carbons (Fsp3) is 0.200. The number of methoxy groups -OCH3 is 1. The first-order valence-corrected chi connectivity index (χ1v) is 9.28. The van der Waals surface area contributed by atoms with E-state index >= 15 is 0 Å². The monoisotopic (exact) mass is 386 g/mol. The zero-order valence-electron chi connectivity index (χ0n) is 15.0. The van der Waals surface area contributed by atoms with Gasteiger partial charge in [0.1, 0.15) is 5.75 Å². The van der Waals surface area contributed by atoms with Crippen LogP contribution in [-0.2, 0) is 11.2 Å². The highest BCUT2D eigenvalue weighted by Crippen LogP contribution is 2.28. The minimum Gasteiger partial charge on any atom is -0.494 e. The maximum atomic E-state index is 13.8. The summed E-state index contributed by atoms with van der Waals surface area (Å²) in [6, 6.07) is 12.2. The van der Waals surface area contributed by atoms with Gasteiger partial charge >= 0.3 is 0 Å². The maximum Gasteiger partial charge on any atom is 0.264 e. The normalized spacial score (nSPS) is 10.5. The Hall–Kier alpha value is -2.93. The summed E-state index contributed by atoms with van der Waals surface area (Å²) < 4.78 is 24.2. The van der Waals surface area contributed by atoms with Crippen LogP contribution in [0.5, 0.6) is 11.5 Å². The molecule has 1 N–H and O–H groups in total. The minimum atomic E-state index is -0.462. The molecule has 1 amide bonds. The Labute approximate surface area is 160 Å². The average Bonchev–Trinajstić information content (AvgIpc) is 3.15. The van der Waals surface area contributed by atoms with E-state index in [2.05, 4.69) is 17.2 Å². The van der Waals surface area contributed by atoms with Gasteiger partial charge in [-0.25, -0.2) is 9.37 Å². The topological polar surface area (TPSA) is 60.5 Å². The molecule has 0 radical (unpaired) electrons. The lowest BCUT2D eigenvalue weighted by atomic mass is 10.1. The lowest BCUT2D eigenvalue weighted by molar-refractivity contribution is -0.118. The molecule has 0 fully saturated rings. The van der Waals surface area contributed by atoms with Crippen LogP contribution in [0.2, 0.25) is 0 Å². The summed E-state index contributed by atoms with van der Waals surface area (Å²) >= 11 is 1.26. The van der Waals surface area contributed by atoms with Crippen molar-refractivity contribution in [1.29, 1.82) is 0 Å². The second-order valence-electron chi connectivity index (χ2n) is 5.72. The van der Waals surface area contributed by atoms with Crippen LogP contribution in [0.15, 0.2) is 47.8 Å². The van der Waals surface area contributed by atoms with Gasteiger partial charge in [-0.1, -0.05) is 19.1 Å². The van der Waals surface area contributed by atoms with Crippen molar-refractivity contribution in [3.63, 3.8) is 0 Å². The van der Waals surface area contributed by atoms with Crippen LogP contribution in [0.25, 0.3) is 11.3 Å². The molecule has 0 spiro atoms. The molecule has 2 aromatic carbocycles. The average molecular weight is 386 g/mol. The first kappa shape index (κ1) is 18.8. The van der Waals surface area contributed by atoms with Gasteiger partial charge in [-0.2, -0.15) is 0 Å². The molecule has 0 saturated heterocycles. The molecule has 0 bridgehead atoms. The third-order valence-electron chi connectivity index (χ3n) is 3.90. The summed E-state index contributed by atoms with van der Waals surface area (Å²) in [5.74, 6) is 0.0370. The first-order chi connectivity index (χ1) is 13.1. The fourth-order valence-corrected chi connectivity index (χ4v) is 3.15. The van der Waals surface area contributed by atoms with Crippen LogP contribution in [0.3, 0.4) is 0 Å². The zero-order valence-corrected chi connectivity index (χ0v) is 15.8. The van der Waals surface area contributed by atoms with Gasteiger partial charge in [-0.3, -0.25) is 10.1 Å². The number of nitrogens with one attached hydrogen (secondary N) is 1. The summed E-state index contributed by atoms with van der Waals surface area (Å²) in [7, 11) is 1.41. The summed E-state index contributed by atoms with van der Waals surface area (Å²) in [5, 5.41) is 4.87. The number of nitrogens with zero attached hydrogens (tertiary/aromatic N) is 1. The molecule has 27 heavy (non-hydrogen) atoms. The molecule has 0 unspecified atom stereocenters. The van der Waals surface area contributed by atoms with E-state index in [9.17, 15) is 9.18 Å². The Morgan fingerprint density at radius 3 is 2.67 bits per heavy atom. The van der Waals surface area contributed by atoms with Crippen molar-refractivity contribution < 1.29 is 18.7 Å². The Bertz CT molecular complexity index is 925. The number of hydrogen-bond donors (Lipinski definition) is 1. The Balaban J connectivity index is 1.58. The zero-order chi connectivity index (χ0) is 19.2. The fourth-order valence-electron chi connectivity index (χ4n) is 2.42. The van der Waals surface area contributed by atoms with E-state index in [1.807, 2.05) is 24.3 Å². The molecule has 0 atom stereocenters. The van der Waals surface area contributed by atoms with Crippen LogP contribution in [0.4, 0.5) is 9.52 Å². The van der Waals surface area contributed by atoms with Crippen molar-refractivity contribution >= 4 is 22.4 Å². The molecule has 3 rings (SSSR count). The molecule has 7 heteroatoms. The lowest BCUT2D eigenvalue weighted by Gasteiger charge is -2.06. The standard InChI is InChI=1S/C20H19FN2O3S/c1-3-13-4-7-15(8-5-13)26-11-19(24)23-20-22-17(12-27-20)14-6-9-18(25-2)16(21)10-14/h4-10,12H,3,11H2,1-2H3,(H,22,23,24). The molecular formula is C20H19FN2O3S. The van der Waals surface area contributed by atoms with E-state index in [0.29, 0.717) is 22.1 Å². The molecule has 3 aromatic rings. The van der Waals surface area contributed by atoms with Crippen LogP contribution >= 0.6 is 11.3 Å². The number of hydrogen-bond acceptors (Lipinski definition) is 5. The van der Waals surface area contributed by atoms with Crippen LogP contribution in [0.1, 0.15) is 12.5 Å². The number of ether oxygens (including phenoxy) is 2.